The first-order valence-electron chi connectivity index (χ1n) is 8.11. The molecule has 2 fully saturated rings. The fraction of sp³-hybridized carbons (Fsp3) is 0.667. The Bertz CT molecular complexity index is 411. The van der Waals surface area contributed by atoms with E-state index in [1.807, 2.05) is 0 Å². The molecule has 0 aliphatic heterocycles. The van der Waals surface area contributed by atoms with E-state index in [2.05, 4.69) is 30.3 Å². The lowest BCUT2D eigenvalue weighted by Crippen LogP contribution is -2.56. The van der Waals surface area contributed by atoms with E-state index in [4.69, 9.17) is 16.3 Å². The Morgan fingerprint density at radius 2 is 1.85 bits per heavy atom. The number of halogens is 1. The van der Waals surface area contributed by atoms with E-state index in [0.717, 1.165) is 25.9 Å². The summed E-state index contributed by atoms with van der Waals surface area (Å²) in [4.78, 5) is 0. The Morgan fingerprint density at radius 1 is 1.10 bits per heavy atom. The van der Waals surface area contributed by atoms with E-state index in [1.54, 1.807) is 0 Å². The molecule has 1 nitrogen and oxygen atoms in total. The van der Waals surface area contributed by atoms with Crippen LogP contribution in [-0.2, 0) is 11.2 Å². The van der Waals surface area contributed by atoms with E-state index in [1.165, 1.54) is 37.7 Å². The van der Waals surface area contributed by atoms with Crippen LogP contribution in [0.5, 0.6) is 0 Å². The highest BCUT2D eigenvalue weighted by molar-refractivity contribution is 6.21. The molecule has 0 heterocycles. The molecule has 3 rings (SSSR count). The van der Waals surface area contributed by atoms with Crippen LogP contribution in [-0.4, -0.2) is 18.1 Å². The van der Waals surface area contributed by atoms with Crippen LogP contribution in [0.3, 0.4) is 0 Å². The van der Waals surface area contributed by atoms with Crippen molar-refractivity contribution in [3.05, 3.63) is 35.9 Å². The Labute approximate surface area is 127 Å². The average molecular weight is 293 g/mol. The van der Waals surface area contributed by atoms with Crippen molar-refractivity contribution >= 4 is 11.6 Å². The Kier molecular flexibility index (Phi) is 4.68. The highest BCUT2D eigenvalue weighted by atomic mass is 35.5. The van der Waals surface area contributed by atoms with Crippen molar-refractivity contribution in [1.29, 1.82) is 0 Å². The molecule has 2 unspecified atom stereocenters. The number of rotatable bonds is 5. The van der Waals surface area contributed by atoms with E-state index in [9.17, 15) is 0 Å². The molecule has 1 spiro atoms. The molecule has 2 atom stereocenters. The highest BCUT2D eigenvalue weighted by Gasteiger charge is 2.54. The minimum absolute atomic E-state index is 0.326. The zero-order valence-corrected chi connectivity index (χ0v) is 12.9. The van der Waals surface area contributed by atoms with Gasteiger partial charge in [0.2, 0.25) is 0 Å². The highest BCUT2D eigenvalue weighted by Crippen LogP contribution is 2.55. The molecule has 2 aliphatic rings. The molecule has 20 heavy (non-hydrogen) atoms. The van der Waals surface area contributed by atoms with E-state index < -0.39 is 0 Å². The van der Waals surface area contributed by atoms with Crippen molar-refractivity contribution in [2.45, 2.75) is 62.8 Å². The largest absolute Gasteiger partial charge is 0.378 e. The van der Waals surface area contributed by atoms with Gasteiger partial charge in [-0.2, -0.15) is 0 Å². The Balaban J connectivity index is 1.42. The van der Waals surface area contributed by atoms with Crippen molar-refractivity contribution in [3.63, 3.8) is 0 Å². The van der Waals surface area contributed by atoms with Crippen LogP contribution in [0.15, 0.2) is 30.3 Å². The molecule has 0 saturated heterocycles. The number of hydrogen-bond donors (Lipinski definition) is 0. The Morgan fingerprint density at radius 3 is 2.55 bits per heavy atom. The molecule has 0 radical (unpaired) electrons. The smallest absolute Gasteiger partial charge is 0.0659 e. The second kappa shape index (κ2) is 6.49. The topological polar surface area (TPSA) is 9.23 Å². The molecule has 0 amide bonds. The van der Waals surface area contributed by atoms with Gasteiger partial charge < -0.3 is 4.74 Å². The maximum absolute atomic E-state index is 6.51. The molecule has 0 N–H and O–H groups in total. The van der Waals surface area contributed by atoms with Crippen LogP contribution in [0, 0.1) is 5.41 Å². The predicted molar refractivity (Wildman–Crippen MR) is 84.3 cm³/mol. The first kappa shape index (κ1) is 14.4. The maximum Gasteiger partial charge on any atom is 0.0659 e. The average Bonchev–Trinajstić information content (AvgIpc) is 2.52. The minimum Gasteiger partial charge on any atom is -0.378 e. The van der Waals surface area contributed by atoms with Gasteiger partial charge in [-0.25, -0.2) is 0 Å². The number of ether oxygens (including phenoxy) is 1. The molecule has 1 aromatic carbocycles. The number of aryl methyl sites for hydroxylation is 1. The first-order valence-corrected chi connectivity index (χ1v) is 8.54. The van der Waals surface area contributed by atoms with Crippen molar-refractivity contribution < 1.29 is 4.74 Å². The van der Waals surface area contributed by atoms with Gasteiger partial charge in [0.15, 0.2) is 0 Å². The molecule has 2 heteroatoms. The second-order valence-electron chi connectivity index (χ2n) is 6.45. The van der Waals surface area contributed by atoms with Crippen molar-refractivity contribution in [3.8, 4) is 0 Å². The van der Waals surface area contributed by atoms with Crippen molar-refractivity contribution in [2.75, 3.05) is 6.61 Å². The number of alkyl halides is 1. The molecule has 110 valence electrons. The van der Waals surface area contributed by atoms with Crippen LogP contribution in [0.2, 0.25) is 0 Å². The zero-order valence-electron chi connectivity index (χ0n) is 12.2. The van der Waals surface area contributed by atoms with E-state index >= 15 is 0 Å². The molecule has 2 saturated carbocycles. The lowest BCUT2D eigenvalue weighted by molar-refractivity contribution is -0.124. The number of hydrogen-bond acceptors (Lipinski definition) is 1. The van der Waals surface area contributed by atoms with Crippen LogP contribution < -0.4 is 0 Å². The van der Waals surface area contributed by atoms with Crippen molar-refractivity contribution in [1.82, 2.24) is 0 Å². The van der Waals surface area contributed by atoms with Crippen LogP contribution >= 0.6 is 11.6 Å². The summed E-state index contributed by atoms with van der Waals surface area (Å²) in [7, 11) is 0. The monoisotopic (exact) mass is 292 g/mol. The minimum atomic E-state index is 0.326. The Hall–Kier alpha value is -0.530. The summed E-state index contributed by atoms with van der Waals surface area (Å²) < 4.78 is 6.18. The fourth-order valence-electron chi connectivity index (χ4n) is 3.92. The van der Waals surface area contributed by atoms with Crippen LogP contribution in [0.25, 0.3) is 0 Å². The van der Waals surface area contributed by atoms with E-state index in [-0.39, 0.29) is 0 Å². The molecule has 2 aliphatic carbocycles. The molecular formula is C18H25ClO. The molecule has 0 bridgehead atoms. The summed E-state index contributed by atoms with van der Waals surface area (Å²) in [6.07, 6.45) is 10.4. The third-order valence-corrected chi connectivity index (χ3v) is 5.85. The maximum atomic E-state index is 6.51. The van der Waals surface area contributed by atoms with Gasteiger partial charge in [0.1, 0.15) is 0 Å². The zero-order chi connectivity index (χ0) is 13.8. The third-order valence-electron chi connectivity index (χ3n) is 5.24. The van der Waals surface area contributed by atoms with Gasteiger partial charge in [-0.1, -0.05) is 49.6 Å². The van der Waals surface area contributed by atoms with Gasteiger partial charge in [0.05, 0.1) is 6.10 Å². The van der Waals surface area contributed by atoms with Crippen LogP contribution in [0.4, 0.5) is 0 Å². The van der Waals surface area contributed by atoms with Gasteiger partial charge in [-0.15, -0.1) is 11.6 Å². The molecule has 0 aromatic heterocycles. The third kappa shape index (κ3) is 2.89. The lowest BCUT2D eigenvalue weighted by atomic mass is 9.58. The fourth-order valence-corrected chi connectivity index (χ4v) is 4.44. The van der Waals surface area contributed by atoms with Crippen LogP contribution in [0.1, 0.15) is 50.5 Å². The first-order chi connectivity index (χ1) is 9.81. The summed E-state index contributed by atoms with van der Waals surface area (Å²) in [5, 5.41) is 0.363. The molecular weight excluding hydrogens is 268 g/mol. The van der Waals surface area contributed by atoms with Gasteiger partial charge in [0.25, 0.3) is 0 Å². The van der Waals surface area contributed by atoms with E-state index in [0.29, 0.717) is 16.9 Å². The summed E-state index contributed by atoms with van der Waals surface area (Å²) in [5.41, 5.74) is 1.74. The summed E-state index contributed by atoms with van der Waals surface area (Å²) >= 11 is 6.51. The normalized spacial score (nSPS) is 28.2. The summed E-state index contributed by atoms with van der Waals surface area (Å²) in [6, 6.07) is 10.7. The van der Waals surface area contributed by atoms with Gasteiger partial charge in [0, 0.05) is 17.4 Å². The summed E-state index contributed by atoms with van der Waals surface area (Å²) in [6.45, 7) is 0.880. The van der Waals surface area contributed by atoms with Crippen molar-refractivity contribution in [2.24, 2.45) is 5.41 Å². The quantitative estimate of drug-likeness (QED) is 0.550. The standard InChI is InChI=1S/C18H25ClO/c19-16-14-17(18(16)11-5-2-6-12-18)20-13-7-10-15-8-3-1-4-9-15/h1,3-4,8-9,16-17H,2,5-7,10-14H2. The second-order valence-corrected chi connectivity index (χ2v) is 6.97. The molecule has 1 aromatic rings. The lowest BCUT2D eigenvalue weighted by Gasteiger charge is -2.55. The SMILES string of the molecule is ClC1CC(OCCCc2ccccc2)C12CCCCC2. The van der Waals surface area contributed by atoms with Gasteiger partial charge >= 0.3 is 0 Å². The predicted octanol–water partition coefficient (Wildman–Crippen LogP) is 4.97. The van der Waals surface area contributed by atoms with Gasteiger partial charge in [-0.3, -0.25) is 0 Å². The number of benzene rings is 1. The van der Waals surface area contributed by atoms with Gasteiger partial charge in [-0.05, 0) is 37.7 Å². The summed E-state index contributed by atoms with van der Waals surface area (Å²) in [5.74, 6) is 0.